The summed E-state index contributed by atoms with van der Waals surface area (Å²) in [5.41, 5.74) is 1.01. The lowest BCUT2D eigenvalue weighted by molar-refractivity contribution is 0.587. The van der Waals surface area contributed by atoms with Crippen molar-refractivity contribution in [1.29, 1.82) is 0 Å². The number of rotatable bonds is 4. The molecule has 82 valence electrons. The number of sulfonamides is 1. The maximum absolute atomic E-state index is 10.8. The first-order valence-corrected chi connectivity index (χ1v) is 7.04. The Labute approximate surface area is 91.0 Å². The van der Waals surface area contributed by atoms with E-state index in [4.69, 9.17) is 0 Å². The van der Waals surface area contributed by atoms with Crippen LogP contribution in [0.2, 0.25) is 0 Å². The summed E-state index contributed by atoms with van der Waals surface area (Å²) in [5, 5.41) is 9.60. The highest BCUT2D eigenvalue weighted by Crippen LogP contribution is 2.13. The lowest BCUT2D eigenvalue weighted by Gasteiger charge is -2.00. The van der Waals surface area contributed by atoms with Crippen molar-refractivity contribution >= 4 is 26.3 Å². The van der Waals surface area contributed by atoms with Gasteiger partial charge in [-0.25, -0.2) is 13.1 Å². The summed E-state index contributed by atoms with van der Waals surface area (Å²) in [6, 6.07) is 0. The van der Waals surface area contributed by atoms with E-state index in [9.17, 15) is 8.42 Å². The van der Waals surface area contributed by atoms with E-state index in [0.29, 0.717) is 13.0 Å². The molecule has 0 aliphatic heterocycles. The van der Waals surface area contributed by atoms with Crippen molar-refractivity contribution in [3.05, 3.63) is 17.4 Å². The molecular formula is C7H10N4O2S2. The molecule has 2 rings (SSSR count). The Morgan fingerprint density at radius 1 is 1.60 bits per heavy atom. The summed E-state index contributed by atoms with van der Waals surface area (Å²) >= 11 is 1.49. The van der Waals surface area contributed by atoms with Crippen LogP contribution in [0.4, 0.5) is 0 Å². The highest BCUT2D eigenvalue weighted by molar-refractivity contribution is 7.88. The quantitative estimate of drug-likeness (QED) is 0.816. The number of nitrogens with one attached hydrogen (secondary N) is 1. The monoisotopic (exact) mass is 246 g/mol. The molecule has 2 heterocycles. The van der Waals surface area contributed by atoms with Gasteiger partial charge in [-0.05, 0) is 0 Å². The minimum absolute atomic E-state index is 0.392. The second kappa shape index (κ2) is 3.87. The van der Waals surface area contributed by atoms with E-state index in [-0.39, 0.29) is 0 Å². The van der Waals surface area contributed by atoms with Crippen LogP contribution >= 0.6 is 11.3 Å². The average molecular weight is 246 g/mol. The van der Waals surface area contributed by atoms with E-state index in [1.54, 1.807) is 6.33 Å². The predicted octanol–water partition coefficient (Wildman–Crippen LogP) is -0.118. The third-order valence-electron chi connectivity index (χ3n) is 1.87. The van der Waals surface area contributed by atoms with Gasteiger partial charge in [-0.15, -0.1) is 21.5 Å². The number of hydrogen-bond donors (Lipinski definition) is 1. The summed E-state index contributed by atoms with van der Waals surface area (Å²) in [6.07, 6.45) is 3.40. The maximum Gasteiger partial charge on any atom is 0.216 e. The first kappa shape index (κ1) is 10.5. The van der Waals surface area contributed by atoms with Crippen molar-refractivity contribution in [3.8, 4) is 0 Å². The Morgan fingerprint density at radius 3 is 3.13 bits per heavy atom. The number of fused-ring (bicyclic) bond motifs is 1. The summed E-state index contributed by atoms with van der Waals surface area (Å²) < 4.78 is 26.0. The molecule has 0 atom stereocenters. The minimum Gasteiger partial charge on any atom is -0.276 e. The fourth-order valence-electron chi connectivity index (χ4n) is 1.22. The van der Waals surface area contributed by atoms with E-state index in [2.05, 4.69) is 14.9 Å². The smallest absolute Gasteiger partial charge is 0.216 e. The third-order valence-corrected chi connectivity index (χ3v) is 3.48. The van der Waals surface area contributed by atoms with Crippen molar-refractivity contribution in [3.63, 3.8) is 0 Å². The highest BCUT2D eigenvalue weighted by atomic mass is 32.2. The molecule has 0 spiro atoms. The number of aromatic nitrogens is 3. The van der Waals surface area contributed by atoms with E-state index < -0.39 is 10.0 Å². The van der Waals surface area contributed by atoms with Crippen LogP contribution in [0.25, 0.3) is 4.96 Å². The molecular weight excluding hydrogens is 236 g/mol. The van der Waals surface area contributed by atoms with Crippen molar-refractivity contribution in [1.82, 2.24) is 19.3 Å². The predicted molar refractivity (Wildman–Crippen MR) is 57.4 cm³/mol. The van der Waals surface area contributed by atoms with Crippen LogP contribution in [0.1, 0.15) is 5.69 Å². The molecule has 0 saturated carbocycles. The van der Waals surface area contributed by atoms with Crippen molar-refractivity contribution in [2.24, 2.45) is 0 Å². The van der Waals surface area contributed by atoms with Gasteiger partial charge in [-0.3, -0.25) is 4.40 Å². The number of hydrogen-bond acceptors (Lipinski definition) is 5. The Kier molecular flexibility index (Phi) is 2.72. The van der Waals surface area contributed by atoms with Gasteiger partial charge in [0.05, 0.1) is 6.26 Å². The molecule has 2 aromatic rings. The van der Waals surface area contributed by atoms with Gasteiger partial charge in [-0.1, -0.05) is 0 Å². The van der Waals surface area contributed by atoms with E-state index in [0.717, 1.165) is 16.9 Å². The molecule has 1 N–H and O–H groups in total. The summed E-state index contributed by atoms with van der Waals surface area (Å²) in [5.74, 6) is 0. The van der Waals surface area contributed by atoms with E-state index in [1.165, 1.54) is 11.3 Å². The molecule has 0 saturated heterocycles. The normalized spacial score (nSPS) is 12.3. The lowest BCUT2D eigenvalue weighted by Crippen LogP contribution is -2.24. The first-order valence-electron chi connectivity index (χ1n) is 4.27. The van der Waals surface area contributed by atoms with Crippen LogP contribution in [0.5, 0.6) is 0 Å². The summed E-state index contributed by atoms with van der Waals surface area (Å²) in [6.45, 7) is 0.392. The fraction of sp³-hybridized carbons (Fsp3) is 0.429. The van der Waals surface area contributed by atoms with Crippen molar-refractivity contribution in [2.45, 2.75) is 6.42 Å². The molecule has 0 radical (unpaired) electrons. The molecule has 0 aliphatic rings. The van der Waals surface area contributed by atoms with Crippen LogP contribution < -0.4 is 4.72 Å². The molecule has 0 fully saturated rings. The van der Waals surface area contributed by atoms with Gasteiger partial charge in [0.2, 0.25) is 15.0 Å². The van der Waals surface area contributed by atoms with Crippen LogP contribution in [0.3, 0.4) is 0 Å². The number of nitrogens with zero attached hydrogens (tertiary/aromatic N) is 3. The van der Waals surface area contributed by atoms with E-state index >= 15 is 0 Å². The molecule has 0 amide bonds. The average Bonchev–Trinajstić information content (AvgIpc) is 2.66. The van der Waals surface area contributed by atoms with Gasteiger partial charge >= 0.3 is 0 Å². The fourth-order valence-corrected chi connectivity index (χ4v) is 2.54. The zero-order valence-corrected chi connectivity index (χ0v) is 9.68. The van der Waals surface area contributed by atoms with Gasteiger partial charge in [0, 0.05) is 24.0 Å². The topological polar surface area (TPSA) is 76.4 Å². The zero-order chi connectivity index (χ0) is 10.9. The van der Waals surface area contributed by atoms with Crippen molar-refractivity contribution in [2.75, 3.05) is 12.8 Å². The molecule has 6 nitrogen and oxygen atoms in total. The van der Waals surface area contributed by atoms with Crippen LogP contribution in [-0.4, -0.2) is 35.8 Å². The molecule has 8 heteroatoms. The zero-order valence-electron chi connectivity index (χ0n) is 8.04. The second-order valence-corrected chi connectivity index (χ2v) is 5.80. The molecule has 0 unspecified atom stereocenters. The Balaban J connectivity index is 2.04. The van der Waals surface area contributed by atoms with Crippen LogP contribution in [0.15, 0.2) is 11.7 Å². The lowest BCUT2D eigenvalue weighted by atomic mass is 10.3. The molecule has 0 aliphatic carbocycles. The standard InChI is InChI=1S/C7H10N4O2S2/c1-15(12,13)9-3-2-6-4-14-7-10-8-5-11(6)7/h4-5,9H,2-3H2,1H3. The third kappa shape index (κ3) is 2.52. The Morgan fingerprint density at radius 2 is 2.40 bits per heavy atom. The van der Waals surface area contributed by atoms with Gasteiger partial charge in [-0.2, -0.15) is 0 Å². The van der Waals surface area contributed by atoms with Crippen molar-refractivity contribution < 1.29 is 8.42 Å². The Hall–Kier alpha value is -0.990. The highest BCUT2D eigenvalue weighted by Gasteiger charge is 2.05. The molecule has 0 bridgehead atoms. The van der Waals surface area contributed by atoms with Crippen LogP contribution in [-0.2, 0) is 16.4 Å². The molecule has 2 aromatic heterocycles. The molecule has 0 aromatic carbocycles. The summed E-state index contributed by atoms with van der Waals surface area (Å²) in [7, 11) is -3.10. The molecule has 15 heavy (non-hydrogen) atoms. The van der Waals surface area contributed by atoms with E-state index in [1.807, 2.05) is 9.78 Å². The largest absolute Gasteiger partial charge is 0.276 e. The SMILES string of the molecule is CS(=O)(=O)NCCc1csc2nncn12. The second-order valence-electron chi connectivity index (χ2n) is 3.13. The number of thiazole rings is 1. The summed E-state index contributed by atoms with van der Waals surface area (Å²) in [4.78, 5) is 0.823. The van der Waals surface area contributed by atoms with Gasteiger partial charge in [0.25, 0.3) is 0 Å². The first-order chi connectivity index (χ1) is 7.06. The van der Waals surface area contributed by atoms with Gasteiger partial charge in [0.15, 0.2) is 0 Å². The minimum atomic E-state index is -3.10. The van der Waals surface area contributed by atoms with Gasteiger partial charge in [0.1, 0.15) is 6.33 Å². The van der Waals surface area contributed by atoms with Crippen LogP contribution in [0, 0.1) is 0 Å². The maximum atomic E-state index is 10.8. The van der Waals surface area contributed by atoms with Gasteiger partial charge < -0.3 is 0 Å². The Bertz CT molecular complexity index is 556.